The Kier molecular flexibility index (Phi) is 5.28. The molecule has 6 heteroatoms. The van der Waals surface area contributed by atoms with Crippen molar-refractivity contribution in [1.82, 2.24) is 0 Å². The predicted molar refractivity (Wildman–Crippen MR) is 97.6 cm³/mol. The van der Waals surface area contributed by atoms with E-state index >= 15 is 0 Å². The average molecular weight is 373 g/mol. The van der Waals surface area contributed by atoms with Crippen LogP contribution < -0.4 is 9.47 Å². The highest BCUT2D eigenvalue weighted by Crippen LogP contribution is 2.35. The zero-order valence-electron chi connectivity index (χ0n) is 14.3. The van der Waals surface area contributed by atoms with Crippen LogP contribution in [0.3, 0.4) is 0 Å². The van der Waals surface area contributed by atoms with E-state index in [-0.39, 0.29) is 24.3 Å². The number of ketones is 1. The van der Waals surface area contributed by atoms with E-state index in [4.69, 9.17) is 25.8 Å². The molecule has 0 atom stereocenters. The Morgan fingerprint density at radius 3 is 2.77 bits per heavy atom. The van der Waals surface area contributed by atoms with Crippen molar-refractivity contribution in [2.24, 2.45) is 0 Å². The van der Waals surface area contributed by atoms with Crippen LogP contribution >= 0.6 is 11.6 Å². The van der Waals surface area contributed by atoms with Gasteiger partial charge in [-0.25, -0.2) is 4.79 Å². The van der Waals surface area contributed by atoms with Crippen molar-refractivity contribution < 1.29 is 23.8 Å². The number of carbonyl (C=O) groups is 2. The molecule has 0 saturated carbocycles. The maximum Gasteiger partial charge on any atom is 0.344 e. The van der Waals surface area contributed by atoms with Gasteiger partial charge in [0.15, 0.2) is 12.4 Å². The van der Waals surface area contributed by atoms with Crippen LogP contribution in [0.2, 0.25) is 5.02 Å². The monoisotopic (exact) mass is 372 g/mol. The fourth-order valence-corrected chi connectivity index (χ4v) is 2.64. The number of allylic oxidation sites excluding steroid dienone is 1. The van der Waals surface area contributed by atoms with Crippen molar-refractivity contribution in [2.75, 3.05) is 6.61 Å². The minimum Gasteiger partial charge on any atom is -0.482 e. The lowest BCUT2D eigenvalue weighted by Gasteiger charge is -2.09. The topological polar surface area (TPSA) is 61.8 Å². The molecule has 0 aliphatic carbocycles. The minimum absolute atomic E-state index is 0.203. The van der Waals surface area contributed by atoms with Crippen molar-refractivity contribution in [2.45, 2.75) is 20.0 Å². The maximum absolute atomic E-state index is 12.4. The molecule has 0 radical (unpaired) electrons. The lowest BCUT2D eigenvalue weighted by Crippen LogP contribution is -2.18. The van der Waals surface area contributed by atoms with Gasteiger partial charge in [0.2, 0.25) is 5.78 Å². The van der Waals surface area contributed by atoms with Gasteiger partial charge in [0.05, 0.1) is 11.7 Å². The molecular formula is C20H17ClO5. The van der Waals surface area contributed by atoms with E-state index in [2.05, 4.69) is 0 Å². The van der Waals surface area contributed by atoms with Gasteiger partial charge in [0.1, 0.15) is 11.5 Å². The average Bonchev–Trinajstić information content (AvgIpc) is 2.88. The predicted octanol–water partition coefficient (Wildman–Crippen LogP) is 4.29. The number of ether oxygens (including phenoxy) is 3. The number of Topliss-reactive ketones (excluding diaryl/α,β-unsaturated/α-hetero) is 1. The molecule has 1 aliphatic rings. The van der Waals surface area contributed by atoms with Gasteiger partial charge >= 0.3 is 5.97 Å². The number of fused-ring (bicyclic) bond motifs is 1. The van der Waals surface area contributed by atoms with Crippen LogP contribution in [0, 0.1) is 0 Å². The first kappa shape index (κ1) is 18.0. The number of hydrogen-bond donors (Lipinski definition) is 0. The summed E-state index contributed by atoms with van der Waals surface area (Å²) in [5.41, 5.74) is 1.21. The first-order chi connectivity index (χ1) is 12.4. The zero-order chi connectivity index (χ0) is 18.7. The lowest BCUT2D eigenvalue weighted by molar-refractivity contribution is -0.149. The maximum atomic E-state index is 12.4. The van der Waals surface area contributed by atoms with Gasteiger partial charge in [-0.1, -0.05) is 23.7 Å². The molecule has 0 unspecified atom stereocenters. The summed E-state index contributed by atoms with van der Waals surface area (Å²) in [6.45, 7) is 3.32. The Morgan fingerprint density at radius 1 is 1.23 bits per heavy atom. The van der Waals surface area contributed by atoms with E-state index in [0.29, 0.717) is 22.1 Å². The van der Waals surface area contributed by atoms with E-state index in [1.54, 1.807) is 56.3 Å². The standard InChI is InChI=1S/C20H17ClO5/c1-12(2)25-19(22)11-24-15-6-7-16-17(10-15)26-18(20(16)23)9-13-4-3-5-14(21)8-13/h3-10,12H,11H2,1-2H3. The summed E-state index contributed by atoms with van der Waals surface area (Å²) in [6, 6.07) is 11.9. The lowest BCUT2D eigenvalue weighted by atomic mass is 10.1. The second-order valence-corrected chi connectivity index (χ2v) is 6.42. The SMILES string of the molecule is CC(C)OC(=O)COc1ccc2c(c1)OC(=Cc1cccc(Cl)c1)C2=O. The molecule has 2 aromatic rings. The van der Waals surface area contributed by atoms with Crippen molar-refractivity contribution in [3.8, 4) is 11.5 Å². The van der Waals surface area contributed by atoms with Gasteiger partial charge in [-0.2, -0.15) is 0 Å². The molecule has 0 aromatic heterocycles. The molecule has 3 rings (SSSR count). The molecule has 134 valence electrons. The van der Waals surface area contributed by atoms with Crippen LogP contribution in [0.1, 0.15) is 29.8 Å². The minimum atomic E-state index is -0.459. The molecule has 5 nitrogen and oxygen atoms in total. The van der Waals surface area contributed by atoms with Crippen molar-refractivity contribution >= 4 is 29.4 Å². The molecule has 0 saturated heterocycles. The van der Waals surface area contributed by atoms with Crippen molar-refractivity contribution in [3.05, 3.63) is 64.4 Å². The van der Waals surface area contributed by atoms with Gasteiger partial charge < -0.3 is 14.2 Å². The molecule has 0 bridgehead atoms. The number of halogens is 1. The molecule has 0 N–H and O–H groups in total. The summed E-state index contributed by atoms with van der Waals surface area (Å²) in [5.74, 6) is 0.336. The number of benzene rings is 2. The molecule has 1 heterocycles. The Hall–Kier alpha value is -2.79. The van der Waals surface area contributed by atoms with Crippen molar-refractivity contribution in [1.29, 1.82) is 0 Å². The van der Waals surface area contributed by atoms with E-state index in [1.807, 2.05) is 6.07 Å². The third kappa shape index (κ3) is 4.24. The highest BCUT2D eigenvalue weighted by atomic mass is 35.5. The van der Waals surface area contributed by atoms with E-state index < -0.39 is 5.97 Å². The molecule has 2 aromatic carbocycles. The molecule has 0 fully saturated rings. The molecule has 0 spiro atoms. The highest BCUT2D eigenvalue weighted by Gasteiger charge is 2.27. The third-order valence-corrected chi connectivity index (χ3v) is 3.75. The van der Waals surface area contributed by atoms with Gasteiger partial charge in [-0.15, -0.1) is 0 Å². The number of rotatable bonds is 5. The van der Waals surface area contributed by atoms with E-state index in [1.165, 1.54) is 0 Å². The van der Waals surface area contributed by atoms with Crippen molar-refractivity contribution in [3.63, 3.8) is 0 Å². The van der Waals surface area contributed by atoms with Crippen LogP contribution in [0.25, 0.3) is 6.08 Å². The van der Waals surface area contributed by atoms with Gasteiger partial charge in [0, 0.05) is 11.1 Å². The second kappa shape index (κ2) is 7.62. The van der Waals surface area contributed by atoms with Gasteiger partial charge in [-0.3, -0.25) is 4.79 Å². The molecule has 26 heavy (non-hydrogen) atoms. The number of esters is 1. The zero-order valence-corrected chi connectivity index (χ0v) is 15.1. The van der Waals surface area contributed by atoms with Gasteiger partial charge in [0.25, 0.3) is 0 Å². The van der Waals surface area contributed by atoms with Crippen LogP contribution in [-0.4, -0.2) is 24.5 Å². The van der Waals surface area contributed by atoms with Crippen LogP contribution in [-0.2, 0) is 9.53 Å². The van der Waals surface area contributed by atoms with Crippen LogP contribution in [0.15, 0.2) is 48.2 Å². The van der Waals surface area contributed by atoms with Crippen LogP contribution in [0.4, 0.5) is 0 Å². The molecule has 0 amide bonds. The summed E-state index contributed by atoms with van der Waals surface area (Å²) in [5, 5.41) is 0.575. The number of hydrogen-bond acceptors (Lipinski definition) is 5. The first-order valence-corrected chi connectivity index (χ1v) is 8.46. The Bertz CT molecular complexity index is 886. The van der Waals surface area contributed by atoms with E-state index in [9.17, 15) is 9.59 Å². The molecular weight excluding hydrogens is 356 g/mol. The second-order valence-electron chi connectivity index (χ2n) is 5.98. The quantitative estimate of drug-likeness (QED) is 0.579. The fraction of sp³-hybridized carbons (Fsp3) is 0.200. The fourth-order valence-electron chi connectivity index (χ4n) is 2.44. The number of carbonyl (C=O) groups excluding carboxylic acids is 2. The summed E-state index contributed by atoms with van der Waals surface area (Å²) in [4.78, 5) is 24.0. The molecule has 1 aliphatic heterocycles. The van der Waals surface area contributed by atoms with Crippen LogP contribution in [0.5, 0.6) is 11.5 Å². The largest absolute Gasteiger partial charge is 0.482 e. The normalized spacial score (nSPS) is 14.3. The smallest absolute Gasteiger partial charge is 0.344 e. The summed E-state index contributed by atoms with van der Waals surface area (Å²) < 4.78 is 16.0. The van der Waals surface area contributed by atoms with Gasteiger partial charge in [-0.05, 0) is 49.8 Å². The first-order valence-electron chi connectivity index (χ1n) is 8.08. The Balaban J connectivity index is 1.73. The third-order valence-electron chi connectivity index (χ3n) is 3.51. The summed E-state index contributed by atoms with van der Waals surface area (Å²) in [6.07, 6.45) is 1.43. The van der Waals surface area contributed by atoms with E-state index in [0.717, 1.165) is 5.56 Å². The Morgan fingerprint density at radius 2 is 2.04 bits per heavy atom. The summed E-state index contributed by atoms with van der Waals surface area (Å²) in [7, 11) is 0. The Labute approximate surface area is 156 Å². The highest BCUT2D eigenvalue weighted by molar-refractivity contribution is 6.30. The summed E-state index contributed by atoms with van der Waals surface area (Å²) >= 11 is 5.96.